The van der Waals surface area contributed by atoms with Crippen LogP contribution in [0.4, 0.5) is 0 Å². The van der Waals surface area contributed by atoms with Gasteiger partial charge < -0.3 is 9.26 Å². The highest BCUT2D eigenvalue weighted by atomic mass is 31.2. The lowest BCUT2D eigenvalue weighted by molar-refractivity contribution is -0.127. The Bertz CT molecular complexity index is 945. The van der Waals surface area contributed by atoms with E-state index >= 15 is 0 Å². The van der Waals surface area contributed by atoms with Crippen molar-refractivity contribution in [3.05, 3.63) is 29.5 Å². The fourth-order valence-corrected chi connectivity index (χ4v) is 2.94. The molecule has 9 heteroatoms. The van der Waals surface area contributed by atoms with Gasteiger partial charge >= 0.3 is 7.82 Å². The number of phosphoric ester groups is 1. The molecule has 0 saturated heterocycles. The van der Waals surface area contributed by atoms with Crippen LogP contribution >= 0.6 is 7.82 Å². The number of benzene rings is 1. The van der Waals surface area contributed by atoms with Gasteiger partial charge in [0, 0.05) is 16.9 Å². The fraction of sp³-hybridized carbons (Fsp3) is 0.444. The number of aromatic nitrogens is 2. The van der Waals surface area contributed by atoms with Gasteiger partial charge in [0.15, 0.2) is 11.5 Å². The molecule has 148 valence electrons. The molecule has 1 aromatic heterocycles. The molecule has 0 bridgehead atoms. The number of Topliss-reactive ketones (excluding diaryl/α,β-unsaturated/α-hetero) is 1. The molecule has 2 aromatic rings. The van der Waals surface area contributed by atoms with Crippen LogP contribution in [0.15, 0.2) is 23.8 Å². The number of phosphoric acid groups is 1. The van der Waals surface area contributed by atoms with Gasteiger partial charge in [-0.05, 0) is 31.6 Å². The minimum absolute atomic E-state index is 0.0130. The lowest BCUT2D eigenvalue weighted by Crippen LogP contribution is -2.25. The van der Waals surface area contributed by atoms with Gasteiger partial charge in [0.25, 0.3) is 0 Å². The van der Waals surface area contributed by atoms with Gasteiger partial charge in [0.1, 0.15) is 18.0 Å². The SMILES string of the molecule is COc1ccc2c(C(OP(=O)(O)O)=C(C)C)nn(CC(=O)C(C)(C)C)c2c1. The van der Waals surface area contributed by atoms with Crippen molar-refractivity contribution in [2.45, 2.75) is 41.2 Å². The molecule has 0 atom stereocenters. The molecule has 0 radical (unpaired) electrons. The van der Waals surface area contributed by atoms with Crippen molar-refractivity contribution in [2.75, 3.05) is 7.11 Å². The summed E-state index contributed by atoms with van der Waals surface area (Å²) in [6.45, 7) is 8.81. The van der Waals surface area contributed by atoms with E-state index in [1.807, 2.05) is 20.8 Å². The van der Waals surface area contributed by atoms with Crippen LogP contribution in [-0.2, 0) is 20.4 Å². The zero-order valence-electron chi connectivity index (χ0n) is 16.3. The molecule has 2 rings (SSSR count). The first-order chi connectivity index (χ1) is 12.3. The van der Waals surface area contributed by atoms with Crippen LogP contribution < -0.4 is 4.74 Å². The Morgan fingerprint density at radius 3 is 2.37 bits per heavy atom. The second kappa shape index (κ2) is 7.46. The molecule has 0 saturated carbocycles. The summed E-state index contributed by atoms with van der Waals surface area (Å²) in [5, 5.41) is 5.04. The predicted octanol–water partition coefficient (Wildman–Crippen LogP) is 3.52. The Balaban J connectivity index is 2.69. The first-order valence-electron chi connectivity index (χ1n) is 8.34. The van der Waals surface area contributed by atoms with E-state index in [-0.39, 0.29) is 23.8 Å². The third-order valence-electron chi connectivity index (χ3n) is 3.97. The van der Waals surface area contributed by atoms with Crippen LogP contribution in [-0.4, -0.2) is 32.5 Å². The van der Waals surface area contributed by atoms with Gasteiger partial charge in [0.2, 0.25) is 0 Å². The Kier molecular flexibility index (Phi) is 5.85. The van der Waals surface area contributed by atoms with Crippen molar-refractivity contribution in [1.29, 1.82) is 0 Å². The van der Waals surface area contributed by atoms with Gasteiger partial charge in [-0.25, -0.2) is 4.57 Å². The third-order valence-corrected chi connectivity index (χ3v) is 4.39. The van der Waals surface area contributed by atoms with E-state index in [1.165, 1.54) is 11.8 Å². The highest BCUT2D eigenvalue weighted by molar-refractivity contribution is 7.46. The highest BCUT2D eigenvalue weighted by Gasteiger charge is 2.27. The number of carbonyl (C=O) groups is 1. The van der Waals surface area contributed by atoms with E-state index in [2.05, 4.69) is 5.10 Å². The molecule has 8 nitrogen and oxygen atoms in total. The normalized spacial score (nSPS) is 12.1. The topological polar surface area (TPSA) is 111 Å². The Morgan fingerprint density at radius 2 is 1.89 bits per heavy atom. The third kappa shape index (κ3) is 4.97. The first kappa shape index (κ1) is 21.2. The molecule has 1 aromatic carbocycles. The van der Waals surface area contributed by atoms with Crippen LogP contribution in [0.2, 0.25) is 0 Å². The zero-order valence-corrected chi connectivity index (χ0v) is 17.2. The van der Waals surface area contributed by atoms with E-state index in [4.69, 9.17) is 9.26 Å². The van der Waals surface area contributed by atoms with Crippen LogP contribution in [0, 0.1) is 5.41 Å². The number of nitrogens with zero attached hydrogens (tertiary/aromatic N) is 2. The molecule has 0 aliphatic rings. The molecule has 0 fully saturated rings. The summed E-state index contributed by atoms with van der Waals surface area (Å²) < 4.78 is 23.1. The number of fused-ring (bicyclic) bond motifs is 1. The number of carbonyl (C=O) groups excluding carboxylic acids is 1. The summed E-state index contributed by atoms with van der Waals surface area (Å²) >= 11 is 0. The summed E-state index contributed by atoms with van der Waals surface area (Å²) in [4.78, 5) is 31.0. The lowest BCUT2D eigenvalue weighted by Gasteiger charge is -2.16. The molecule has 0 amide bonds. The number of hydrogen-bond acceptors (Lipinski definition) is 5. The van der Waals surface area contributed by atoms with Crippen LogP contribution in [0.3, 0.4) is 0 Å². The van der Waals surface area contributed by atoms with Crippen LogP contribution in [0.1, 0.15) is 40.3 Å². The van der Waals surface area contributed by atoms with Crippen molar-refractivity contribution in [1.82, 2.24) is 9.78 Å². The number of allylic oxidation sites excluding steroid dienone is 1. The molecule has 27 heavy (non-hydrogen) atoms. The van der Waals surface area contributed by atoms with Gasteiger partial charge in [-0.15, -0.1) is 0 Å². The van der Waals surface area contributed by atoms with E-state index < -0.39 is 13.2 Å². The Labute approximate surface area is 158 Å². The van der Waals surface area contributed by atoms with Gasteiger partial charge in [0.05, 0.1) is 12.6 Å². The molecule has 1 heterocycles. The number of hydrogen-bond donors (Lipinski definition) is 2. The second-order valence-electron chi connectivity index (χ2n) is 7.47. The monoisotopic (exact) mass is 396 g/mol. The van der Waals surface area contributed by atoms with E-state index in [1.54, 1.807) is 32.0 Å². The largest absolute Gasteiger partial charge is 0.524 e. The highest BCUT2D eigenvalue weighted by Crippen LogP contribution is 2.44. The van der Waals surface area contributed by atoms with Crippen molar-refractivity contribution in [3.63, 3.8) is 0 Å². The maximum atomic E-state index is 12.5. The number of methoxy groups -OCH3 is 1. The fourth-order valence-electron chi connectivity index (χ4n) is 2.43. The summed E-state index contributed by atoms with van der Waals surface area (Å²) in [6.07, 6.45) is 0. The molecule has 0 spiro atoms. The summed E-state index contributed by atoms with van der Waals surface area (Å²) in [5.74, 6) is 0.532. The minimum Gasteiger partial charge on any atom is -0.497 e. The molecule has 2 N–H and O–H groups in total. The zero-order chi connectivity index (χ0) is 20.6. The molecule has 0 aliphatic heterocycles. The summed E-state index contributed by atoms with van der Waals surface area (Å²) in [5.41, 5.74) is 0.856. The minimum atomic E-state index is -4.78. The smallest absolute Gasteiger partial charge is 0.497 e. The molecular formula is C18H25N2O6P. The van der Waals surface area contributed by atoms with Gasteiger partial charge in [-0.1, -0.05) is 20.8 Å². The van der Waals surface area contributed by atoms with Crippen molar-refractivity contribution in [3.8, 4) is 5.75 Å². The maximum Gasteiger partial charge on any atom is 0.524 e. The summed E-state index contributed by atoms with van der Waals surface area (Å²) in [6, 6.07) is 5.16. The van der Waals surface area contributed by atoms with Gasteiger partial charge in [-0.3, -0.25) is 19.3 Å². The molecule has 0 aliphatic carbocycles. The maximum absolute atomic E-state index is 12.5. The number of ketones is 1. The Morgan fingerprint density at radius 1 is 1.26 bits per heavy atom. The van der Waals surface area contributed by atoms with E-state index in [0.717, 1.165) is 0 Å². The second-order valence-corrected chi connectivity index (χ2v) is 8.64. The predicted molar refractivity (Wildman–Crippen MR) is 102 cm³/mol. The van der Waals surface area contributed by atoms with Crippen LogP contribution in [0.25, 0.3) is 16.7 Å². The van der Waals surface area contributed by atoms with Gasteiger partial charge in [-0.2, -0.15) is 5.10 Å². The summed E-state index contributed by atoms with van der Waals surface area (Å²) in [7, 11) is -3.25. The van der Waals surface area contributed by atoms with Crippen molar-refractivity contribution in [2.24, 2.45) is 5.41 Å². The first-order valence-corrected chi connectivity index (χ1v) is 9.87. The standard InChI is InChI=1S/C18H25N2O6P/c1-11(2)17(26-27(22,23)24)16-13-8-7-12(25-6)9-14(13)20(19-16)10-15(21)18(3,4)5/h7-9H,10H2,1-6H3,(H2,22,23,24). The molecule has 0 unspecified atom stereocenters. The lowest BCUT2D eigenvalue weighted by atomic mass is 9.91. The quantitative estimate of drug-likeness (QED) is 0.568. The van der Waals surface area contributed by atoms with Crippen molar-refractivity contribution < 1.29 is 28.4 Å². The Hall–Kier alpha value is -2.15. The molecular weight excluding hydrogens is 371 g/mol. The van der Waals surface area contributed by atoms with E-state index in [9.17, 15) is 19.1 Å². The number of rotatable bonds is 6. The van der Waals surface area contributed by atoms with E-state index in [0.29, 0.717) is 22.2 Å². The number of ether oxygens (including phenoxy) is 1. The average Bonchev–Trinajstić information content (AvgIpc) is 2.88. The van der Waals surface area contributed by atoms with Crippen molar-refractivity contribution >= 4 is 30.3 Å². The van der Waals surface area contributed by atoms with Crippen LogP contribution in [0.5, 0.6) is 5.75 Å². The average molecular weight is 396 g/mol.